The van der Waals surface area contributed by atoms with Crippen molar-refractivity contribution in [1.29, 1.82) is 0 Å². The molecule has 0 saturated heterocycles. The molecule has 0 fully saturated rings. The fraction of sp³-hybridized carbons (Fsp3) is 0.154. The molecule has 162 valence electrons. The van der Waals surface area contributed by atoms with E-state index in [-0.39, 0.29) is 10.6 Å². The lowest BCUT2D eigenvalue weighted by Gasteiger charge is -2.11. The lowest BCUT2D eigenvalue weighted by Crippen LogP contribution is -2.04. The van der Waals surface area contributed by atoms with Gasteiger partial charge in [-0.05, 0) is 48.7 Å². The van der Waals surface area contributed by atoms with Gasteiger partial charge in [0.05, 0.1) is 0 Å². The summed E-state index contributed by atoms with van der Waals surface area (Å²) in [6.45, 7) is 2.34. The molecule has 4 rings (SSSR count). The quantitative estimate of drug-likeness (QED) is 0.354. The molecule has 0 unspecified atom stereocenters. The number of aromatic nitrogens is 1. The highest BCUT2D eigenvalue weighted by atomic mass is 32.2. The molecule has 0 atom stereocenters. The van der Waals surface area contributed by atoms with Gasteiger partial charge in [-0.1, -0.05) is 36.4 Å². The second-order valence-electron chi connectivity index (χ2n) is 7.33. The molecule has 32 heavy (non-hydrogen) atoms. The predicted octanol–water partition coefficient (Wildman–Crippen LogP) is 5.63. The third kappa shape index (κ3) is 5.39. The standard InChI is InChI=1S/C26H23NO4S/c1-18-14-21(9-10-23(18)30-17-20-8-5-12-27-16-20)24-15-22(28)25(26(29)31-24)32-13-11-19-6-3-2-4-7-19/h2-10,12,14-16,28H,11,13,17H2,1H3. The first-order chi connectivity index (χ1) is 15.6. The molecule has 0 spiro atoms. The smallest absolute Gasteiger partial charge is 0.353 e. The molecule has 0 aliphatic carbocycles. The van der Waals surface area contributed by atoms with Crippen molar-refractivity contribution in [2.45, 2.75) is 24.8 Å². The maximum atomic E-state index is 12.5. The van der Waals surface area contributed by atoms with E-state index in [0.29, 0.717) is 23.7 Å². The molecule has 0 aliphatic heterocycles. The highest BCUT2D eigenvalue weighted by Crippen LogP contribution is 2.32. The number of ether oxygens (including phenoxy) is 1. The molecule has 1 N–H and O–H groups in total. The number of hydrogen-bond acceptors (Lipinski definition) is 6. The van der Waals surface area contributed by atoms with Crippen molar-refractivity contribution in [3.8, 4) is 22.8 Å². The van der Waals surface area contributed by atoms with E-state index in [0.717, 1.165) is 23.3 Å². The Hall–Kier alpha value is -3.51. The van der Waals surface area contributed by atoms with E-state index in [1.165, 1.54) is 23.4 Å². The molecule has 6 heteroatoms. The first-order valence-electron chi connectivity index (χ1n) is 10.3. The van der Waals surface area contributed by atoms with Crippen molar-refractivity contribution in [3.05, 3.63) is 106 Å². The number of aromatic hydroxyl groups is 1. The summed E-state index contributed by atoms with van der Waals surface area (Å²) in [6.07, 6.45) is 4.28. The van der Waals surface area contributed by atoms with E-state index in [4.69, 9.17) is 9.15 Å². The summed E-state index contributed by atoms with van der Waals surface area (Å²) in [5, 5.41) is 10.5. The third-order valence-electron chi connectivity index (χ3n) is 4.95. The van der Waals surface area contributed by atoms with Gasteiger partial charge in [0.1, 0.15) is 28.8 Å². The van der Waals surface area contributed by atoms with Crippen molar-refractivity contribution >= 4 is 11.8 Å². The molecule has 2 aromatic carbocycles. The molecular formula is C26H23NO4S. The molecule has 2 aromatic heterocycles. The van der Waals surface area contributed by atoms with Crippen LogP contribution in [0.25, 0.3) is 11.3 Å². The van der Waals surface area contributed by atoms with Gasteiger partial charge < -0.3 is 14.3 Å². The van der Waals surface area contributed by atoms with Crippen LogP contribution in [0.5, 0.6) is 11.5 Å². The number of hydrogen-bond donors (Lipinski definition) is 1. The Morgan fingerprint density at radius 1 is 1.03 bits per heavy atom. The van der Waals surface area contributed by atoms with Crippen LogP contribution in [0.1, 0.15) is 16.7 Å². The summed E-state index contributed by atoms with van der Waals surface area (Å²) in [5.74, 6) is 1.66. The van der Waals surface area contributed by atoms with E-state index in [2.05, 4.69) is 4.98 Å². The fourth-order valence-corrected chi connectivity index (χ4v) is 4.18. The Kier molecular flexibility index (Phi) is 6.92. The van der Waals surface area contributed by atoms with Crippen LogP contribution in [-0.2, 0) is 13.0 Å². The van der Waals surface area contributed by atoms with Gasteiger partial charge in [-0.25, -0.2) is 4.79 Å². The van der Waals surface area contributed by atoms with Gasteiger partial charge in [0.15, 0.2) is 0 Å². The summed E-state index contributed by atoms with van der Waals surface area (Å²) in [4.78, 5) is 16.8. The van der Waals surface area contributed by atoms with Gasteiger partial charge in [-0.15, -0.1) is 11.8 Å². The van der Waals surface area contributed by atoms with E-state index in [1.807, 2.05) is 67.6 Å². The molecule has 0 bridgehead atoms. The van der Waals surface area contributed by atoms with Crippen molar-refractivity contribution in [1.82, 2.24) is 4.98 Å². The minimum Gasteiger partial charge on any atom is -0.506 e. The van der Waals surface area contributed by atoms with Crippen molar-refractivity contribution in [2.75, 3.05) is 5.75 Å². The van der Waals surface area contributed by atoms with Gasteiger partial charge in [0.2, 0.25) is 0 Å². The number of thioether (sulfide) groups is 1. The lowest BCUT2D eigenvalue weighted by atomic mass is 10.1. The van der Waals surface area contributed by atoms with Gasteiger partial charge >= 0.3 is 5.63 Å². The van der Waals surface area contributed by atoms with Crippen molar-refractivity contribution in [3.63, 3.8) is 0 Å². The highest BCUT2D eigenvalue weighted by molar-refractivity contribution is 7.99. The van der Waals surface area contributed by atoms with Crippen LogP contribution in [0.15, 0.2) is 93.2 Å². The number of benzene rings is 2. The predicted molar refractivity (Wildman–Crippen MR) is 126 cm³/mol. The average molecular weight is 446 g/mol. The van der Waals surface area contributed by atoms with Crippen molar-refractivity contribution < 1.29 is 14.3 Å². The molecule has 2 heterocycles. The number of pyridine rings is 1. The van der Waals surface area contributed by atoms with Crippen LogP contribution < -0.4 is 10.4 Å². The molecular weight excluding hydrogens is 422 g/mol. The topological polar surface area (TPSA) is 72.6 Å². The molecule has 5 nitrogen and oxygen atoms in total. The SMILES string of the molecule is Cc1cc(-c2cc(O)c(SCCc3ccccc3)c(=O)o2)ccc1OCc1cccnc1. The Morgan fingerprint density at radius 3 is 2.56 bits per heavy atom. The minimum atomic E-state index is -0.535. The summed E-state index contributed by atoms with van der Waals surface area (Å²) < 4.78 is 11.4. The van der Waals surface area contributed by atoms with Gasteiger partial charge in [-0.3, -0.25) is 4.98 Å². The monoisotopic (exact) mass is 445 g/mol. The van der Waals surface area contributed by atoms with Crippen molar-refractivity contribution in [2.24, 2.45) is 0 Å². The van der Waals surface area contributed by atoms with E-state index < -0.39 is 5.63 Å². The van der Waals surface area contributed by atoms with Crippen LogP contribution in [-0.4, -0.2) is 15.8 Å². The summed E-state index contributed by atoms with van der Waals surface area (Å²) in [6, 6.07) is 20.9. The maximum absolute atomic E-state index is 12.5. The number of aryl methyl sites for hydroxylation is 2. The second-order valence-corrected chi connectivity index (χ2v) is 8.43. The van der Waals surface area contributed by atoms with Crippen LogP contribution in [0.3, 0.4) is 0 Å². The van der Waals surface area contributed by atoms with Crippen LogP contribution in [0, 0.1) is 6.92 Å². The first-order valence-corrected chi connectivity index (χ1v) is 11.3. The normalized spacial score (nSPS) is 10.8. The van der Waals surface area contributed by atoms with E-state index in [1.54, 1.807) is 12.4 Å². The number of nitrogens with zero attached hydrogens (tertiary/aromatic N) is 1. The fourth-order valence-electron chi connectivity index (χ4n) is 3.27. The molecule has 0 amide bonds. The van der Waals surface area contributed by atoms with Crippen LogP contribution >= 0.6 is 11.8 Å². The Labute approximate surface area is 190 Å². The maximum Gasteiger partial charge on any atom is 0.353 e. The van der Waals surface area contributed by atoms with Gasteiger partial charge in [-0.2, -0.15) is 0 Å². The highest BCUT2D eigenvalue weighted by Gasteiger charge is 2.14. The zero-order valence-corrected chi connectivity index (χ0v) is 18.5. The largest absolute Gasteiger partial charge is 0.506 e. The Morgan fingerprint density at radius 2 is 1.84 bits per heavy atom. The van der Waals surface area contributed by atoms with E-state index in [9.17, 15) is 9.90 Å². The van der Waals surface area contributed by atoms with Gasteiger partial charge in [0, 0.05) is 35.3 Å². The number of rotatable bonds is 8. The average Bonchev–Trinajstić information content (AvgIpc) is 2.81. The minimum absolute atomic E-state index is 0.0659. The van der Waals surface area contributed by atoms with Crippen LogP contribution in [0.2, 0.25) is 0 Å². The Balaban J connectivity index is 1.45. The van der Waals surface area contributed by atoms with Crippen LogP contribution in [0.4, 0.5) is 0 Å². The first kappa shape index (κ1) is 21.7. The van der Waals surface area contributed by atoms with Gasteiger partial charge in [0.25, 0.3) is 0 Å². The molecule has 0 aliphatic rings. The molecule has 4 aromatic rings. The second kappa shape index (κ2) is 10.2. The summed E-state index contributed by atoms with van der Waals surface area (Å²) >= 11 is 1.30. The third-order valence-corrected chi connectivity index (χ3v) is 6.02. The zero-order chi connectivity index (χ0) is 22.3. The Bertz CT molecular complexity index is 1240. The molecule has 0 radical (unpaired) electrons. The summed E-state index contributed by atoms with van der Waals surface area (Å²) in [5.41, 5.74) is 3.22. The molecule has 0 saturated carbocycles. The lowest BCUT2D eigenvalue weighted by molar-refractivity contribution is 0.303. The summed E-state index contributed by atoms with van der Waals surface area (Å²) in [7, 11) is 0. The zero-order valence-electron chi connectivity index (χ0n) is 17.7. The van der Waals surface area contributed by atoms with E-state index >= 15 is 0 Å².